The Labute approximate surface area is 93.0 Å². The van der Waals surface area contributed by atoms with Crippen LogP contribution in [-0.2, 0) is 0 Å². The molecule has 0 saturated heterocycles. The van der Waals surface area contributed by atoms with Crippen molar-refractivity contribution in [3.63, 3.8) is 0 Å². The van der Waals surface area contributed by atoms with Crippen LogP contribution in [0.1, 0.15) is 11.1 Å². The van der Waals surface area contributed by atoms with Crippen molar-refractivity contribution in [1.29, 1.82) is 0 Å². The van der Waals surface area contributed by atoms with Crippen molar-refractivity contribution in [2.45, 2.75) is 13.8 Å². The summed E-state index contributed by atoms with van der Waals surface area (Å²) in [6.07, 6.45) is 4.78. The molecule has 0 bridgehead atoms. The number of hydrogen-bond donors (Lipinski definition) is 2. The molecule has 2 N–H and O–H groups in total. The third-order valence-corrected chi connectivity index (χ3v) is 1.78. The number of aromatic amines is 1. The number of nitrogens with zero attached hydrogens (tertiary/aromatic N) is 2. The van der Waals surface area contributed by atoms with Crippen molar-refractivity contribution in [3.05, 3.63) is 58.3 Å². The summed E-state index contributed by atoms with van der Waals surface area (Å²) in [5.74, 6) is 0. The van der Waals surface area contributed by atoms with Crippen LogP contribution in [-0.4, -0.2) is 15.4 Å². The van der Waals surface area contributed by atoms with E-state index in [1.54, 1.807) is 18.6 Å². The molecular formula is C11H14N3O2+. The molecule has 0 aliphatic rings. The highest BCUT2D eigenvalue weighted by Crippen LogP contribution is 1.87. The van der Waals surface area contributed by atoms with Crippen molar-refractivity contribution in [3.8, 4) is 0 Å². The summed E-state index contributed by atoms with van der Waals surface area (Å²) in [6.45, 7) is 3.79. The molecule has 2 aromatic rings. The fourth-order valence-electron chi connectivity index (χ4n) is 0.967. The van der Waals surface area contributed by atoms with E-state index in [1.165, 1.54) is 6.07 Å². The topological polar surface area (TPSA) is 69.9 Å². The van der Waals surface area contributed by atoms with E-state index >= 15 is 0 Å². The summed E-state index contributed by atoms with van der Waals surface area (Å²) in [5, 5.41) is 14.5. The molecule has 0 saturated carbocycles. The van der Waals surface area contributed by atoms with E-state index in [2.05, 4.69) is 10.2 Å². The van der Waals surface area contributed by atoms with Crippen LogP contribution in [0.2, 0.25) is 0 Å². The van der Waals surface area contributed by atoms with Gasteiger partial charge in [0.25, 0.3) is 5.56 Å². The van der Waals surface area contributed by atoms with Crippen LogP contribution >= 0.6 is 0 Å². The summed E-state index contributed by atoms with van der Waals surface area (Å²) in [4.78, 5) is 10.4. The number of pyridine rings is 1. The summed E-state index contributed by atoms with van der Waals surface area (Å²) >= 11 is 0. The van der Waals surface area contributed by atoms with E-state index in [1.807, 2.05) is 26.0 Å². The first-order valence-corrected chi connectivity index (χ1v) is 4.76. The van der Waals surface area contributed by atoms with Crippen molar-refractivity contribution < 1.29 is 9.94 Å². The van der Waals surface area contributed by atoms with E-state index in [0.29, 0.717) is 0 Å². The van der Waals surface area contributed by atoms with Gasteiger partial charge in [0.15, 0.2) is 0 Å². The predicted octanol–water partition coefficient (Wildman–Crippen LogP) is 0.598. The van der Waals surface area contributed by atoms with Gasteiger partial charge >= 0.3 is 0 Å². The lowest BCUT2D eigenvalue weighted by Gasteiger charge is -1.82. The van der Waals surface area contributed by atoms with Crippen molar-refractivity contribution in [2.24, 2.45) is 0 Å². The Balaban J connectivity index is 0.000000160. The first-order chi connectivity index (χ1) is 7.58. The molecule has 0 unspecified atom stereocenters. The second-order valence-electron chi connectivity index (χ2n) is 3.38. The van der Waals surface area contributed by atoms with Gasteiger partial charge in [0.1, 0.15) is 0 Å². The fourth-order valence-corrected chi connectivity index (χ4v) is 0.967. The van der Waals surface area contributed by atoms with E-state index in [9.17, 15) is 4.79 Å². The zero-order valence-electron chi connectivity index (χ0n) is 9.21. The lowest BCUT2D eigenvalue weighted by molar-refractivity contribution is -0.904. The van der Waals surface area contributed by atoms with E-state index in [0.717, 1.165) is 15.9 Å². The van der Waals surface area contributed by atoms with Crippen LogP contribution < -0.4 is 10.3 Å². The van der Waals surface area contributed by atoms with Crippen LogP contribution in [0.4, 0.5) is 0 Å². The normalized spacial score (nSPS) is 9.12. The van der Waals surface area contributed by atoms with Crippen LogP contribution in [0.3, 0.4) is 0 Å². The SMILES string of the molecule is Cc1cc[n+](O)cc1.Cc1cn[nH]c(=O)c1. The standard InChI is InChI=1S/C6H8NO.C5H6N2O/c1-6-2-4-7(8)5-3-6;1-4-2-5(8)7-6-3-4/h2-5,8H,1H3;2-3H,1H3,(H,7,8)/q+1;. The van der Waals surface area contributed by atoms with Gasteiger partial charge in [0.2, 0.25) is 12.4 Å². The number of nitrogens with one attached hydrogen (secondary N) is 1. The van der Waals surface area contributed by atoms with Gasteiger partial charge in [-0.25, -0.2) is 5.10 Å². The zero-order chi connectivity index (χ0) is 12.0. The van der Waals surface area contributed by atoms with Gasteiger partial charge in [-0.05, 0) is 25.0 Å². The predicted molar refractivity (Wildman–Crippen MR) is 58.2 cm³/mol. The third kappa shape index (κ3) is 4.36. The molecule has 0 radical (unpaired) electrons. The van der Waals surface area contributed by atoms with Crippen molar-refractivity contribution in [2.75, 3.05) is 0 Å². The molecule has 2 heterocycles. The molecule has 16 heavy (non-hydrogen) atoms. The van der Waals surface area contributed by atoms with Gasteiger partial charge in [0, 0.05) is 22.9 Å². The van der Waals surface area contributed by atoms with Crippen molar-refractivity contribution >= 4 is 0 Å². The average Bonchev–Trinajstić information content (AvgIpc) is 2.23. The fraction of sp³-hybridized carbons (Fsp3) is 0.182. The van der Waals surface area contributed by atoms with Gasteiger partial charge in [-0.3, -0.25) is 10.0 Å². The summed E-state index contributed by atoms with van der Waals surface area (Å²) < 4.78 is 1.02. The molecule has 0 fully saturated rings. The lowest BCUT2D eigenvalue weighted by Crippen LogP contribution is -2.27. The Morgan fingerprint density at radius 3 is 2.25 bits per heavy atom. The minimum atomic E-state index is -0.148. The van der Waals surface area contributed by atoms with E-state index in [-0.39, 0.29) is 5.56 Å². The van der Waals surface area contributed by atoms with E-state index < -0.39 is 0 Å². The molecule has 0 atom stereocenters. The minimum absolute atomic E-state index is 0.148. The van der Waals surface area contributed by atoms with Gasteiger partial charge in [-0.15, -0.1) is 0 Å². The largest absolute Gasteiger partial charge is 0.285 e. The molecule has 0 aromatic carbocycles. The molecule has 0 aliphatic carbocycles. The molecular weight excluding hydrogens is 206 g/mol. The Bertz CT molecular complexity index is 470. The van der Waals surface area contributed by atoms with Crippen LogP contribution in [0.5, 0.6) is 0 Å². The lowest BCUT2D eigenvalue weighted by atomic mass is 10.3. The maximum atomic E-state index is 10.4. The summed E-state index contributed by atoms with van der Waals surface area (Å²) in [5.41, 5.74) is 1.88. The molecule has 5 nitrogen and oxygen atoms in total. The van der Waals surface area contributed by atoms with Gasteiger partial charge in [0.05, 0.1) is 6.20 Å². The van der Waals surface area contributed by atoms with Gasteiger partial charge < -0.3 is 0 Å². The Morgan fingerprint density at radius 2 is 1.88 bits per heavy atom. The molecule has 2 aromatic heterocycles. The first kappa shape index (κ1) is 11.9. The Kier molecular flexibility index (Phi) is 4.20. The average molecular weight is 220 g/mol. The summed E-state index contributed by atoms with van der Waals surface area (Å²) in [6, 6.07) is 5.16. The Morgan fingerprint density at radius 1 is 1.25 bits per heavy atom. The molecule has 0 aliphatic heterocycles. The van der Waals surface area contributed by atoms with Crippen LogP contribution in [0, 0.1) is 13.8 Å². The molecule has 5 heteroatoms. The molecule has 0 amide bonds. The number of aromatic nitrogens is 3. The number of H-pyrrole nitrogens is 1. The summed E-state index contributed by atoms with van der Waals surface area (Å²) in [7, 11) is 0. The van der Waals surface area contributed by atoms with Crippen LogP contribution in [0.25, 0.3) is 0 Å². The minimum Gasteiger partial charge on any atom is -0.285 e. The van der Waals surface area contributed by atoms with Gasteiger partial charge in [-0.1, -0.05) is 0 Å². The number of rotatable bonds is 0. The Hall–Kier alpha value is -2.17. The van der Waals surface area contributed by atoms with Crippen molar-refractivity contribution in [1.82, 2.24) is 10.2 Å². The van der Waals surface area contributed by atoms with Gasteiger partial charge in [-0.2, -0.15) is 5.10 Å². The molecule has 84 valence electrons. The molecule has 0 spiro atoms. The second kappa shape index (κ2) is 5.65. The second-order valence-corrected chi connectivity index (χ2v) is 3.38. The number of aryl methyl sites for hydroxylation is 2. The van der Waals surface area contributed by atoms with Crippen LogP contribution in [0.15, 0.2) is 41.6 Å². The maximum Gasteiger partial charge on any atom is 0.264 e. The third-order valence-electron chi connectivity index (χ3n) is 1.78. The zero-order valence-corrected chi connectivity index (χ0v) is 9.21. The maximum absolute atomic E-state index is 10.4. The smallest absolute Gasteiger partial charge is 0.264 e. The number of hydrogen-bond acceptors (Lipinski definition) is 3. The highest BCUT2D eigenvalue weighted by molar-refractivity contribution is 5.02. The highest BCUT2D eigenvalue weighted by atomic mass is 16.5. The monoisotopic (exact) mass is 220 g/mol. The highest BCUT2D eigenvalue weighted by Gasteiger charge is 1.89. The molecule has 2 rings (SSSR count). The van der Waals surface area contributed by atoms with E-state index in [4.69, 9.17) is 5.21 Å². The quantitative estimate of drug-likeness (QED) is 0.504. The first-order valence-electron chi connectivity index (χ1n) is 4.76.